The Morgan fingerprint density at radius 1 is 1.46 bits per heavy atom. The molecule has 0 N–H and O–H groups in total. The Hall–Kier alpha value is -0.880. The molecule has 1 heterocycles. The van der Waals surface area contributed by atoms with Gasteiger partial charge in [-0.2, -0.15) is 0 Å². The Labute approximate surface area is 79.6 Å². The second-order valence-electron chi connectivity index (χ2n) is 3.41. The van der Waals surface area contributed by atoms with Crippen LogP contribution in [0.4, 0.5) is 8.78 Å². The van der Waals surface area contributed by atoms with Crippen LogP contribution < -0.4 is 0 Å². The topological polar surface area (TPSA) is 0 Å². The molecule has 3 heteroatoms. The third-order valence-electron chi connectivity index (χ3n) is 2.39. The number of rotatable bonds is 1. The van der Waals surface area contributed by atoms with E-state index in [0.717, 1.165) is 4.88 Å². The van der Waals surface area contributed by atoms with Gasteiger partial charge in [-0.3, -0.25) is 0 Å². The Morgan fingerprint density at radius 2 is 2.15 bits per heavy atom. The van der Waals surface area contributed by atoms with E-state index in [1.54, 1.807) is 0 Å². The highest BCUT2D eigenvalue weighted by molar-refractivity contribution is 7.10. The summed E-state index contributed by atoms with van der Waals surface area (Å²) in [5, 5.41) is 1.87. The normalized spacial score (nSPS) is 23.2. The van der Waals surface area contributed by atoms with Crippen molar-refractivity contribution in [1.29, 1.82) is 0 Å². The first-order chi connectivity index (χ1) is 6.08. The molecule has 13 heavy (non-hydrogen) atoms. The average molecular weight is 198 g/mol. The fraction of sp³-hybridized carbons (Fsp3) is 0.400. The summed E-state index contributed by atoms with van der Waals surface area (Å²) < 4.78 is 25.4. The molecule has 0 saturated heterocycles. The molecular weight excluding hydrogens is 190 g/mol. The van der Waals surface area contributed by atoms with Gasteiger partial charge in [-0.15, -0.1) is 17.8 Å². The lowest BCUT2D eigenvalue weighted by molar-refractivity contribution is -0.107. The molecule has 1 fully saturated rings. The summed E-state index contributed by atoms with van der Waals surface area (Å²) in [6.45, 7) is 0. The van der Waals surface area contributed by atoms with Gasteiger partial charge in [0.25, 0.3) is 5.92 Å². The number of thiophene rings is 1. The van der Waals surface area contributed by atoms with Crippen molar-refractivity contribution in [2.75, 3.05) is 0 Å². The van der Waals surface area contributed by atoms with Crippen LogP contribution in [0.3, 0.4) is 0 Å². The fourth-order valence-electron chi connectivity index (χ4n) is 1.73. The van der Waals surface area contributed by atoms with E-state index in [1.165, 1.54) is 11.3 Å². The van der Waals surface area contributed by atoms with Crippen molar-refractivity contribution in [3.63, 3.8) is 0 Å². The molecule has 0 bridgehead atoms. The molecule has 1 aromatic rings. The fourth-order valence-corrected chi connectivity index (χ4v) is 2.62. The highest BCUT2D eigenvalue weighted by atomic mass is 32.1. The van der Waals surface area contributed by atoms with Crippen LogP contribution in [0.25, 0.3) is 0 Å². The van der Waals surface area contributed by atoms with E-state index >= 15 is 0 Å². The lowest BCUT2D eigenvalue weighted by Gasteiger charge is -2.43. The van der Waals surface area contributed by atoms with Gasteiger partial charge in [0.05, 0.1) is 5.41 Å². The molecule has 1 saturated carbocycles. The molecular formula is C10H8F2S. The zero-order valence-electron chi connectivity index (χ0n) is 6.89. The minimum absolute atomic E-state index is 0.197. The molecule has 0 aromatic carbocycles. The molecule has 0 spiro atoms. The molecule has 0 nitrogen and oxygen atoms in total. The van der Waals surface area contributed by atoms with Crippen LogP contribution in [-0.4, -0.2) is 5.92 Å². The zero-order valence-corrected chi connectivity index (χ0v) is 7.70. The van der Waals surface area contributed by atoms with Crippen molar-refractivity contribution in [2.45, 2.75) is 24.2 Å². The Balaban J connectivity index is 2.28. The van der Waals surface area contributed by atoms with Crippen molar-refractivity contribution in [1.82, 2.24) is 0 Å². The van der Waals surface area contributed by atoms with E-state index in [9.17, 15) is 8.78 Å². The molecule has 1 aromatic heterocycles. The van der Waals surface area contributed by atoms with Crippen LogP contribution in [0, 0.1) is 12.3 Å². The van der Waals surface area contributed by atoms with Gasteiger partial charge in [-0.25, -0.2) is 8.78 Å². The van der Waals surface area contributed by atoms with Gasteiger partial charge in [0.15, 0.2) is 0 Å². The van der Waals surface area contributed by atoms with Crippen molar-refractivity contribution >= 4 is 11.3 Å². The second-order valence-corrected chi connectivity index (χ2v) is 4.36. The molecule has 0 atom stereocenters. The van der Waals surface area contributed by atoms with Gasteiger partial charge in [-0.1, -0.05) is 12.0 Å². The molecule has 2 rings (SSSR count). The summed E-state index contributed by atoms with van der Waals surface area (Å²) in [6.07, 6.45) is 4.91. The highest BCUT2D eigenvalue weighted by Crippen LogP contribution is 2.53. The largest absolute Gasteiger partial charge is 0.251 e. The third kappa shape index (κ3) is 1.26. The zero-order chi connectivity index (χ0) is 9.53. The van der Waals surface area contributed by atoms with Crippen molar-refractivity contribution in [3.05, 3.63) is 22.4 Å². The minimum atomic E-state index is -2.56. The maximum atomic E-state index is 12.7. The van der Waals surface area contributed by atoms with Gasteiger partial charge in [0.2, 0.25) is 0 Å². The Bertz CT molecular complexity index is 338. The quantitative estimate of drug-likeness (QED) is 0.608. The first kappa shape index (κ1) is 8.71. The first-order valence-corrected chi connectivity index (χ1v) is 4.86. The molecule has 0 unspecified atom stereocenters. The number of alkyl halides is 2. The minimum Gasteiger partial charge on any atom is -0.207 e. The van der Waals surface area contributed by atoms with E-state index < -0.39 is 11.3 Å². The Morgan fingerprint density at radius 3 is 2.54 bits per heavy atom. The van der Waals surface area contributed by atoms with Crippen LogP contribution in [0.5, 0.6) is 0 Å². The summed E-state index contributed by atoms with van der Waals surface area (Å²) in [5.74, 6) is -0.0558. The standard InChI is InChI=1S/C10H8F2S/c1-2-9(6-10(11,12)7-9)8-4-3-5-13-8/h1,3-5H,6-7H2. The van der Waals surface area contributed by atoms with Crippen LogP contribution >= 0.6 is 11.3 Å². The monoisotopic (exact) mass is 198 g/mol. The predicted octanol–water partition coefficient (Wildman–Crippen LogP) is 3.05. The average Bonchev–Trinajstić information content (AvgIpc) is 2.51. The molecule has 68 valence electrons. The maximum Gasteiger partial charge on any atom is 0.251 e. The summed E-state index contributed by atoms with van der Waals surface area (Å²) in [5.41, 5.74) is -0.683. The van der Waals surface area contributed by atoms with E-state index in [4.69, 9.17) is 6.42 Å². The molecule has 0 aliphatic heterocycles. The van der Waals surface area contributed by atoms with Crippen LogP contribution in [-0.2, 0) is 5.41 Å². The number of hydrogen-bond acceptors (Lipinski definition) is 1. The first-order valence-electron chi connectivity index (χ1n) is 3.98. The van der Waals surface area contributed by atoms with Crippen LogP contribution in [0.15, 0.2) is 17.5 Å². The summed E-state index contributed by atoms with van der Waals surface area (Å²) in [4.78, 5) is 0.890. The number of hydrogen-bond donors (Lipinski definition) is 0. The molecule has 0 radical (unpaired) electrons. The van der Waals surface area contributed by atoms with Gasteiger partial charge < -0.3 is 0 Å². The second kappa shape index (κ2) is 2.55. The van der Waals surface area contributed by atoms with Crippen molar-refractivity contribution in [3.8, 4) is 12.3 Å². The SMILES string of the molecule is C#CC1(c2cccs2)CC(F)(F)C1. The van der Waals surface area contributed by atoms with E-state index in [2.05, 4.69) is 5.92 Å². The predicted molar refractivity (Wildman–Crippen MR) is 49.0 cm³/mol. The van der Waals surface area contributed by atoms with Crippen LogP contribution in [0.1, 0.15) is 17.7 Å². The lowest BCUT2D eigenvalue weighted by atomic mass is 9.66. The maximum absolute atomic E-state index is 12.7. The van der Waals surface area contributed by atoms with E-state index in [-0.39, 0.29) is 12.8 Å². The molecule has 0 amide bonds. The summed E-state index contributed by atoms with van der Waals surface area (Å²) in [6, 6.07) is 3.68. The smallest absolute Gasteiger partial charge is 0.207 e. The highest BCUT2D eigenvalue weighted by Gasteiger charge is 2.57. The number of halogens is 2. The van der Waals surface area contributed by atoms with Gasteiger partial charge >= 0.3 is 0 Å². The van der Waals surface area contributed by atoms with Crippen molar-refractivity contribution in [2.24, 2.45) is 0 Å². The van der Waals surface area contributed by atoms with E-state index in [1.807, 2.05) is 17.5 Å². The summed E-state index contributed by atoms with van der Waals surface area (Å²) in [7, 11) is 0. The van der Waals surface area contributed by atoms with Gasteiger partial charge in [0, 0.05) is 17.7 Å². The van der Waals surface area contributed by atoms with Crippen molar-refractivity contribution < 1.29 is 8.78 Å². The molecule has 1 aliphatic carbocycles. The van der Waals surface area contributed by atoms with E-state index in [0.29, 0.717) is 0 Å². The third-order valence-corrected chi connectivity index (χ3v) is 3.46. The number of terminal acetylenes is 1. The lowest BCUT2D eigenvalue weighted by Crippen LogP contribution is -2.47. The Kier molecular flexibility index (Phi) is 1.71. The van der Waals surface area contributed by atoms with Crippen LogP contribution in [0.2, 0.25) is 0 Å². The van der Waals surface area contributed by atoms with Gasteiger partial charge in [0.1, 0.15) is 0 Å². The van der Waals surface area contributed by atoms with Gasteiger partial charge in [-0.05, 0) is 11.4 Å². The molecule has 1 aliphatic rings. The summed E-state index contributed by atoms with van der Waals surface area (Å²) >= 11 is 1.46.